The van der Waals surface area contributed by atoms with Gasteiger partial charge >= 0.3 is 5.97 Å². The average Bonchev–Trinajstić information content (AvgIpc) is 2.18. The molecule has 3 nitrogen and oxygen atoms in total. The molecule has 15 heavy (non-hydrogen) atoms. The van der Waals surface area contributed by atoms with Crippen molar-refractivity contribution < 1.29 is 9.90 Å². The van der Waals surface area contributed by atoms with Gasteiger partial charge in [-0.05, 0) is 38.1 Å². The Labute approximate surface area is 89.4 Å². The molecule has 0 radical (unpaired) electrons. The van der Waals surface area contributed by atoms with Gasteiger partial charge in [-0.2, -0.15) is 0 Å². The van der Waals surface area contributed by atoms with Crippen LogP contribution < -0.4 is 5.32 Å². The number of rotatable bonds is 4. The number of carbonyl (C=O) groups is 1. The van der Waals surface area contributed by atoms with Crippen molar-refractivity contribution in [1.29, 1.82) is 0 Å². The van der Waals surface area contributed by atoms with Gasteiger partial charge < -0.3 is 10.4 Å². The van der Waals surface area contributed by atoms with Crippen LogP contribution in [0.15, 0.2) is 35.9 Å². The van der Waals surface area contributed by atoms with E-state index in [1.807, 2.05) is 13.8 Å². The molecule has 0 bridgehead atoms. The number of hydrogen-bond acceptors (Lipinski definition) is 2. The third kappa shape index (κ3) is 3.85. The third-order valence-electron chi connectivity index (χ3n) is 1.95. The summed E-state index contributed by atoms with van der Waals surface area (Å²) in [6, 6.07) is 6.71. The summed E-state index contributed by atoms with van der Waals surface area (Å²) in [5.41, 5.74) is 2.49. The Morgan fingerprint density at radius 2 is 1.93 bits per heavy atom. The number of carboxylic acids is 1. The summed E-state index contributed by atoms with van der Waals surface area (Å²) in [6.07, 6.45) is 2.07. The van der Waals surface area contributed by atoms with Crippen molar-refractivity contribution in [3.05, 3.63) is 41.5 Å². The van der Waals surface area contributed by atoms with Crippen molar-refractivity contribution in [2.24, 2.45) is 0 Å². The van der Waals surface area contributed by atoms with Crippen LogP contribution in [0.25, 0.3) is 0 Å². The maximum atomic E-state index is 10.6. The summed E-state index contributed by atoms with van der Waals surface area (Å²) in [4.78, 5) is 10.6. The van der Waals surface area contributed by atoms with Gasteiger partial charge in [0.15, 0.2) is 0 Å². The molecule has 0 saturated heterocycles. The number of benzene rings is 1. The van der Waals surface area contributed by atoms with E-state index < -0.39 is 5.97 Å². The lowest BCUT2D eigenvalue weighted by molar-refractivity contribution is 0.0697. The lowest BCUT2D eigenvalue weighted by atomic mass is 10.2. The van der Waals surface area contributed by atoms with Crippen LogP contribution in [-0.4, -0.2) is 17.6 Å². The molecular weight excluding hydrogens is 190 g/mol. The van der Waals surface area contributed by atoms with Crippen molar-refractivity contribution >= 4 is 11.7 Å². The molecule has 0 aliphatic carbocycles. The number of allylic oxidation sites excluding steroid dienone is 1. The van der Waals surface area contributed by atoms with E-state index in [9.17, 15) is 4.79 Å². The molecule has 0 amide bonds. The van der Waals surface area contributed by atoms with Crippen molar-refractivity contribution in [2.75, 3.05) is 11.9 Å². The highest BCUT2D eigenvalue weighted by Crippen LogP contribution is 2.09. The molecule has 0 aromatic heterocycles. The highest BCUT2D eigenvalue weighted by molar-refractivity contribution is 5.87. The zero-order valence-corrected chi connectivity index (χ0v) is 8.95. The van der Waals surface area contributed by atoms with Gasteiger partial charge in [-0.3, -0.25) is 0 Å². The first-order valence-electron chi connectivity index (χ1n) is 4.80. The Hall–Kier alpha value is -1.77. The smallest absolute Gasteiger partial charge is 0.335 e. The van der Waals surface area contributed by atoms with Gasteiger partial charge in [0.1, 0.15) is 0 Å². The van der Waals surface area contributed by atoms with E-state index in [0.29, 0.717) is 5.56 Å². The zero-order chi connectivity index (χ0) is 11.3. The molecule has 80 valence electrons. The third-order valence-corrected chi connectivity index (χ3v) is 1.95. The van der Waals surface area contributed by atoms with Crippen LogP contribution in [0.5, 0.6) is 0 Å². The summed E-state index contributed by atoms with van der Waals surface area (Å²) in [5.74, 6) is -0.897. The zero-order valence-electron chi connectivity index (χ0n) is 8.95. The first-order chi connectivity index (χ1) is 7.09. The normalized spacial score (nSPS) is 9.47. The first-order valence-corrected chi connectivity index (χ1v) is 4.80. The monoisotopic (exact) mass is 205 g/mol. The van der Waals surface area contributed by atoms with E-state index >= 15 is 0 Å². The molecule has 1 aromatic rings. The average molecular weight is 205 g/mol. The molecular formula is C12H15NO2. The molecule has 0 heterocycles. The van der Waals surface area contributed by atoms with E-state index in [2.05, 4.69) is 11.4 Å². The Morgan fingerprint density at radius 3 is 2.40 bits per heavy atom. The lowest BCUT2D eigenvalue weighted by Crippen LogP contribution is -2.00. The van der Waals surface area contributed by atoms with Crippen molar-refractivity contribution in [3.8, 4) is 0 Å². The van der Waals surface area contributed by atoms with Gasteiger partial charge in [0, 0.05) is 12.2 Å². The summed E-state index contributed by atoms with van der Waals surface area (Å²) in [7, 11) is 0. The van der Waals surface area contributed by atoms with Crippen LogP contribution in [-0.2, 0) is 0 Å². The minimum absolute atomic E-state index is 0.308. The van der Waals surface area contributed by atoms with Crippen molar-refractivity contribution in [3.63, 3.8) is 0 Å². The fourth-order valence-electron chi connectivity index (χ4n) is 1.10. The minimum atomic E-state index is -0.897. The Balaban J connectivity index is 2.57. The van der Waals surface area contributed by atoms with Gasteiger partial charge in [-0.15, -0.1) is 0 Å². The van der Waals surface area contributed by atoms with E-state index in [0.717, 1.165) is 12.2 Å². The SMILES string of the molecule is CC(C)=CCNc1ccc(C(=O)O)cc1. The first kappa shape index (κ1) is 11.3. The van der Waals surface area contributed by atoms with E-state index in [-0.39, 0.29) is 0 Å². The topological polar surface area (TPSA) is 49.3 Å². The maximum Gasteiger partial charge on any atom is 0.335 e. The minimum Gasteiger partial charge on any atom is -0.478 e. The molecule has 0 unspecified atom stereocenters. The van der Waals surface area contributed by atoms with Gasteiger partial charge in [0.05, 0.1) is 5.56 Å². The van der Waals surface area contributed by atoms with Gasteiger partial charge in [0.2, 0.25) is 0 Å². The summed E-state index contributed by atoms with van der Waals surface area (Å²) >= 11 is 0. The van der Waals surface area contributed by atoms with E-state index in [1.165, 1.54) is 5.57 Å². The second-order valence-corrected chi connectivity index (χ2v) is 3.54. The van der Waals surface area contributed by atoms with Gasteiger partial charge in [0.25, 0.3) is 0 Å². The molecule has 0 atom stereocenters. The van der Waals surface area contributed by atoms with Crippen LogP contribution in [0.2, 0.25) is 0 Å². The molecule has 2 N–H and O–H groups in total. The van der Waals surface area contributed by atoms with E-state index in [1.54, 1.807) is 24.3 Å². The van der Waals surface area contributed by atoms with Crippen LogP contribution in [0.3, 0.4) is 0 Å². The lowest BCUT2D eigenvalue weighted by Gasteiger charge is -2.03. The van der Waals surface area contributed by atoms with Crippen LogP contribution >= 0.6 is 0 Å². The molecule has 1 aromatic carbocycles. The maximum absolute atomic E-state index is 10.6. The molecule has 0 fully saturated rings. The number of aromatic carboxylic acids is 1. The Morgan fingerprint density at radius 1 is 1.33 bits per heavy atom. The largest absolute Gasteiger partial charge is 0.478 e. The summed E-state index contributed by atoms with van der Waals surface area (Å²) in [5, 5.41) is 11.9. The van der Waals surface area contributed by atoms with Crippen LogP contribution in [0, 0.1) is 0 Å². The molecule has 0 saturated carbocycles. The molecule has 0 aliphatic rings. The predicted octanol–water partition coefficient (Wildman–Crippen LogP) is 2.76. The van der Waals surface area contributed by atoms with E-state index in [4.69, 9.17) is 5.11 Å². The highest BCUT2D eigenvalue weighted by Gasteiger charge is 2.00. The quantitative estimate of drug-likeness (QED) is 0.743. The summed E-state index contributed by atoms with van der Waals surface area (Å²) < 4.78 is 0. The van der Waals surface area contributed by atoms with Crippen LogP contribution in [0.4, 0.5) is 5.69 Å². The van der Waals surface area contributed by atoms with Gasteiger partial charge in [-0.1, -0.05) is 11.6 Å². The number of carboxylic acid groups (broad SMARTS) is 1. The number of hydrogen-bond donors (Lipinski definition) is 2. The number of nitrogens with one attached hydrogen (secondary N) is 1. The Kier molecular flexibility index (Phi) is 3.92. The predicted molar refractivity (Wildman–Crippen MR) is 61.3 cm³/mol. The fraction of sp³-hybridized carbons (Fsp3) is 0.250. The highest BCUT2D eigenvalue weighted by atomic mass is 16.4. The molecule has 3 heteroatoms. The second-order valence-electron chi connectivity index (χ2n) is 3.54. The summed E-state index contributed by atoms with van der Waals surface area (Å²) in [6.45, 7) is 4.83. The number of anilines is 1. The van der Waals surface area contributed by atoms with Crippen LogP contribution in [0.1, 0.15) is 24.2 Å². The standard InChI is InChI=1S/C12H15NO2/c1-9(2)7-8-13-11-5-3-10(4-6-11)12(14)15/h3-7,13H,8H2,1-2H3,(H,14,15). The van der Waals surface area contributed by atoms with Crippen molar-refractivity contribution in [2.45, 2.75) is 13.8 Å². The van der Waals surface area contributed by atoms with Crippen molar-refractivity contribution in [1.82, 2.24) is 0 Å². The molecule has 0 spiro atoms. The molecule has 1 rings (SSSR count). The molecule has 0 aliphatic heterocycles. The van der Waals surface area contributed by atoms with Gasteiger partial charge in [-0.25, -0.2) is 4.79 Å². The Bertz CT molecular complexity index is 362. The fourth-order valence-corrected chi connectivity index (χ4v) is 1.10. The second kappa shape index (κ2) is 5.20.